The highest BCUT2D eigenvalue weighted by atomic mass is 79.9. The van der Waals surface area contributed by atoms with Gasteiger partial charge >= 0.3 is 0 Å². The number of aryl methyl sites for hydroxylation is 1. The number of hydrogen-bond donors (Lipinski definition) is 1. The second-order valence-corrected chi connectivity index (χ2v) is 6.56. The molecule has 3 rings (SSSR count). The van der Waals surface area contributed by atoms with E-state index in [2.05, 4.69) is 26.0 Å². The Morgan fingerprint density at radius 1 is 1.35 bits per heavy atom. The summed E-state index contributed by atoms with van der Waals surface area (Å²) in [5.74, 6) is 1.16. The van der Waals surface area contributed by atoms with Gasteiger partial charge < -0.3 is 9.84 Å². The van der Waals surface area contributed by atoms with Crippen LogP contribution in [-0.4, -0.2) is 28.1 Å². The van der Waals surface area contributed by atoms with Crippen molar-refractivity contribution in [3.63, 3.8) is 0 Å². The van der Waals surface area contributed by atoms with Crippen LogP contribution in [0.2, 0.25) is 0 Å². The minimum atomic E-state index is -0.239. The fourth-order valence-electron chi connectivity index (χ4n) is 2.60. The minimum Gasteiger partial charge on any atom is -0.506 e. The van der Waals surface area contributed by atoms with Gasteiger partial charge in [-0.2, -0.15) is 9.78 Å². The van der Waals surface area contributed by atoms with Crippen LogP contribution in [0.25, 0.3) is 10.9 Å². The lowest BCUT2D eigenvalue weighted by Crippen LogP contribution is -2.22. The zero-order chi connectivity index (χ0) is 18.7. The van der Waals surface area contributed by atoms with Crippen LogP contribution in [0, 0.1) is 0 Å². The molecule has 0 saturated heterocycles. The van der Waals surface area contributed by atoms with Crippen LogP contribution in [0.3, 0.4) is 0 Å². The zero-order valence-electron chi connectivity index (χ0n) is 14.4. The first-order valence-corrected chi connectivity index (χ1v) is 8.96. The van der Waals surface area contributed by atoms with Gasteiger partial charge in [0.05, 0.1) is 28.7 Å². The van der Waals surface area contributed by atoms with Gasteiger partial charge in [0.1, 0.15) is 17.3 Å². The lowest BCUT2D eigenvalue weighted by Gasteiger charge is -2.09. The van der Waals surface area contributed by atoms with E-state index < -0.39 is 0 Å². The van der Waals surface area contributed by atoms with Gasteiger partial charge in [0.2, 0.25) is 0 Å². The highest BCUT2D eigenvalue weighted by Gasteiger charge is 2.11. The third-order valence-electron chi connectivity index (χ3n) is 3.91. The lowest BCUT2D eigenvalue weighted by molar-refractivity contribution is 0.411. The molecule has 0 atom stereocenters. The Balaban J connectivity index is 2.15. The normalized spacial score (nSPS) is 11.3. The van der Waals surface area contributed by atoms with E-state index in [1.807, 2.05) is 19.1 Å². The van der Waals surface area contributed by atoms with Crippen molar-refractivity contribution >= 4 is 33.0 Å². The number of benzene rings is 2. The van der Waals surface area contributed by atoms with Gasteiger partial charge in [-0.25, -0.2) is 4.98 Å². The van der Waals surface area contributed by atoms with Crippen LogP contribution in [0.1, 0.15) is 24.7 Å². The van der Waals surface area contributed by atoms with Crippen LogP contribution in [0.15, 0.2) is 50.8 Å². The summed E-state index contributed by atoms with van der Waals surface area (Å²) >= 11 is 3.28. The number of nitrogens with zero attached hydrogens (tertiary/aromatic N) is 3. The van der Waals surface area contributed by atoms with E-state index in [-0.39, 0.29) is 11.3 Å². The molecule has 0 bridgehead atoms. The molecule has 0 aliphatic carbocycles. The number of halogens is 1. The summed E-state index contributed by atoms with van der Waals surface area (Å²) in [7, 11) is 1.54. The predicted molar refractivity (Wildman–Crippen MR) is 105 cm³/mol. The van der Waals surface area contributed by atoms with Crippen molar-refractivity contribution in [2.24, 2.45) is 5.10 Å². The molecule has 2 aromatic carbocycles. The first-order valence-electron chi connectivity index (χ1n) is 8.16. The predicted octanol–water partition coefficient (Wildman–Crippen LogP) is 3.71. The van der Waals surface area contributed by atoms with Crippen molar-refractivity contribution in [3.05, 3.63) is 62.6 Å². The monoisotopic (exact) mass is 415 g/mol. The van der Waals surface area contributed by atoms with Crippen LogP contribution < -0.4 is 10.3 Å². The fraction of sp³-hybridized carbons (Fsp3) is 0.211. The van der Waals surface area contributed by atoms with Gasteiger partial charge in [0.25, 0.3) is 5.56 Å². The highest BCUT2D eigenvalue weighted by molar-refractivity contribution is 9.10. The molecule has 0 aliphatic heterocycles. The summed E-state index contributed by atoms with van der Waals surface area (Å²) in [6, 6.07) is 10.5. The van der Waals surface area contributed by atoms with Crippen LogP contribution in [0.5, 0.6) is 11.5 Å². The third kappa shape index (κ3) is 3.48. The number of hydrogen-bond acceptors (Lipinski definition) is 5. The van der Waals surface area contributed by atoms with E-state index in [0.29, 0.717) is 38.9 Å². The largest absolute Gasteiger partial charge is 0.506 e. The van der Waals surface area contributed by atoms with E-state index in [1.54, 1.807) is 24.3 Å². The van der Waals surface area contributed by atoms with Crippen molar-refractivity contribution in [2.45, 2.75) is 19.8 Å². The molecule has 134 valence electrons. The van der Waals surface area contributed by atoms with Crippen molar-refractivity contribution < 1.29 is 9.84 Å². The molecule has 0 saturated carbocycles. The molecule has 0 amide bonds. The van der Waals surface area contributed by atoms with Crippen molar-refractivity contribution in [3.8, 4) is 11.5 Å². The van der Waals surface area contributed by atoms with Crippen molar-refractivity contribution in [1.29, 1.82) is 0 Å². The quantitative estimate of drug-likeness (QED) is 0.644. The van der Waals surface area contributed by atoms with E-state index >= 15 is 0 Å². The molecule has 1 heterocycles. The minimum absolute atomic E-state index is 0.0217. The maximum absolute atomic E-state index is 12.8. The Bertz CT molecular complexity index is 1040. The first-order chi connectivity index (χ1) is 12.5. The molecule has 0 fully saturated rings. The fourth-order valence-corrected chi connectivity index (χ4v) is 3.06. The van der Waals surface area contributed by atoms with Gasteiger partial charge in [-0.1, -0.05) is 19.1 Å². The van der Waals surface area contributed by atoms with Crippen LogP contribution in [0.4, 0.5) is 0 Å². The molecule has 0 radical (unpaired) electrons. The maximum atomic E-state index is 12.8. The molecule has 0 unspecified atom stereocenters. The molecule has 0 aliphatic rings. The Labute approximate surface area is 158 Å². The number of para-hydroxylation sites is 1. The summed E-state index contributed by atoms with van der Waals surface area (Å²) < 4.78 is 6.98. The van der Waals surface area contributed by atoms with Gasteiger partial charge in [-0.15, -0.1) is 0 Å². The van der Waals surface area contributed by atoms with E-state index in [0.717, 1.165) is 6.42 Å². The van der Waals surface area contributed by atoms with Crippen molar-refractivity contribution in [1.82, 2.24) is 9.66 Å². The molecular formula is C19H18BrN3O3. The highest BCUT2D eigenvalue weighted by Crippen LogP contribution is 2.31. The molecule has 1 N–H and O–H groups in total. The summed E-state index contributed by atoms with van der Waals surface area (Å²) in [5, 5.41) is 15.0. The number of aromatic hydroxyl groups is 1. The standard InChI is InChI=1S/C19H18BrN3O3/c1-3-6-17-22-16-8-5-4-7-14(16)19(25)23(17)21-11-12-9-13(26-2)10-15(20)18(12)24/h4-5,7-11,24H,3,6H2,1-2H3. The van der Waals surface area contributed by atoms with Gasteiger partial charge in [-0.05, 0) is 46.6 Å². The average Bonchev–Trinajstić information content (AvgIpc) is 2.64. The van der Waals surface area contributed by atoms with E-state index in [1.165, 1.54) is 18.0 Å². The number of ether oxygens (including phenoxy) is 1. The topological polar surface area (TPSA) is 76.7 Å². The SMILES string of the molecule is CCCc1nc2ccccc2c(=O)n1N=Cc1cc(OC)cc(Br)c1O. The number of fused-ring (bicyclic) bond motifs is 1. The number of phenols is 1. The number of phenolic OH excluding ortho intramolecular Hbond substituents is 1. The second-order valence-electron chi connectivity index (χ2n) is 5.70. The van der Waals surface area contributed by atoms with Gasteiger partial charge in [-0.3, -0.25) is 4.79 Å². The Morgan fingerprint density at radius 3 is 2.85 bits per heavy atom. The summed E-state index contributed by atoms with van der Waals surface area (Å²) in [6.07, 6.45) is 2.88. The van der Waals surface area contributed by atoms with Gasteiger partial charge in [0, 0.05) is 12.0 Å². The third-order valence-corrected chi connectivity index (χ3v) is 4.51. The molecule has 1 aromatic heterocycles. The molecule has 3 aromatic rings. The summed E-state index contributed by atoms with van der Waals surface area (Å²) in [4.78, 5) is 17.4. The Kier molecular flexibility index (Phi) is 5.37. The van der Waals surface area contributed by atoms with E-state index in [4.69, 9.17) is 4.74 Å². The maximum Gasteiger partial charge on any atom is 0.282 e. The zero-order valence-corrected chi connectivity index (χ0v) is 16.0. The summed E-state index contributed by atoms with van der Waals surface area (Å²) in [5.41, 5.74) is 0.842. The molecule has 6 nitrogen and oxygen atoms in total. The second kappa shape index (κ2) is 7.70. The Morgan fingerprint density at radius 2 is 2.12 bits per heavy atom. The molecular weight excluding hydrogens is 398 g/mol. The molecule has 26 heavy (non-hydrogen) atoms. The molecule has 7 heteroatoms. The average molecular weight is 416 g/mol. The first kappa shape index (κ1) is 18.1. The van der Waals surface area contributed by atoms with Crippen LogP contribution in [-0.2, 0) is 6.42 Å². The Hall–Kier alpha value is -2.67. The lowest BCUT2D eigenvalue weighted by atomic mass is 10.2. The smallest absolute Gasteiger partial charge is 0.282 e. The van der Waals surface area contributed by atoms with Crippen LogP contribution >= 0.6 is 15.9 Å². The van der Waals surface area contributed by atoms with Crippen molar-refractivity contribution in [2.75, 3.05) is 7.11 Å². The molecule has 0 spiro atoms. The van der Waals surface area contributed by atoms with Gasteiger partial charge in [0.15, 0.2) is 0 Å². The number of aromatic nitrogens is 2. The summed E-state index contributed by atoms with van der Waals surface area (Å²) in [6.45, 7) is 2.01. The number of rotatable bonds is 5. The number of methoxy groups -OCH3 is 1. The van der Waals surface area contributed by atoms with E-state index in [9.17, 15) is 9.90 Å².